The van der Waals surface area contributed by atoms with Crippen LogP contribution in [0.15, 0.2) is 48.8 Å². The molecule has 5 nitrogen and oxygen atoms in total. The van der Waals surface area contributed by atoms with Crippen LogP contribution in [0.1, 0.15) is 51.5 Å². The maximum Gasteiger partial charge on any atom is 0.170 e. The van der Waals surface area contributed by atoms with Crippen molar-refractivity contribution in [3.05, 3.63) is 65.5 Å². The summed E-state index contributed by atoms with van der Waals surface area (Å²) in [6.45, 7) is 3.27. The number of carbonyl (C=O) groups excluding carboxylic acids is 2. The van der Waals surface area contributed by atoms with E-state index in [1.807, 2.05) is 36.5 Å². The first-order chi connectivity index (χ1) is 14.2. The first-order valence-electron chi connectivity index (χ1n) is 10.3. The van der Waals surface area contributed by atoms with Gasteiger partial charge in [-0.05, 0) is 59.5 Å². The molecule has 3 heterocycles. The highest BCUT2D eigenvalue weighted by Crippen LogP contribution is 2.31. The van der Waals surface area contributed by atoms with E-state index >= 15 is 0 Å². The number of likely N-dealkylation sites (tertiary alicyclic amines) is 1. The van der Waals surface area contributed by atoms with Gasteiger partial charge in [-0.2, -0.15) is 0 Å². The molecule has 2 aliphatic heterocycles. The van der Waals surface area contributed by atoms with Crippen molar-refractivity contribution in [2.75, 3.05) is 26.2 Å². The van der Waals surface area contributed by atoms with E-state index in [-0.39, 0.29) is 11.6 Å². The van der Waals surface area contributed by atoms with Gasteiger partial charge in [0.2, 0.25) is 0 Å². The molecule has 0 bridgehead atoms. The van der Waals surface area contributed by atoms with Crippen LogP contribution in [-0.2, 0) is 0 Å². The van der Waals surface area contributed by atoms with Gasteiger partial charge in [0.1, 0.15) is 5.75 Å². The highest BCUT2D eigenvalue weighted by molar-refractivity contribution is 6.05. The molecule has 5 rings (SSSR count). The summed E-state index contributed by atoms with van der Waals surface area (Å²) in [7, 11) is 0. The Morgan fingerprint density at radius 3 is 2.97 bits per heavy atom. The van der Waals surface area contributed by atoms with Crippen molar-refractivity contribution in [3.8, 4) is 5.75 Å². The number of fused-ring (bicyclic) bond motifs is 2. The predicted octanol–water partition coefficient (Wildman–Crippen LogP) is 4.20. The molecule has 0 saturated carbocycles. The Bertz CT molecular complexity index is 1070. The third kappa shape index (κ3) is 3.58. The lowest BCUT2D eigenvalue weighted by Crippen LogP contribution is -2.23. The van der Waals surface area contributed by atoms with Gasteiger partial charge in [0.25, 0.3) is 0 Å². The number of hydrogen-bond acceptors (Lipinski definition) is 4. The van der Waals surface area contributed by atoms with Gasteiger partial charge in [0.15, 0.2) is 11.6 Å². The Morgan fingerprint density at radius 2 is 2.10 bits per heavy atom. The van der Waals surface area contributed by atoms with Gasteiger partial charge in [-0.3, -0.25) is 9.59 Å². The zero-order valence-corrected chi connectivity index (χ0v) is 16.3. The van der Waals surface area contributed by atoms with Crippen molar-refractivity contribution in [2.45, 2.75) is 25.2 Å². The average molecular weight is 388 g/mol. The molecule has 1 unspecified atom stereocenters. The van der Waals surface area contributed by atoms with E-state index in [0.29, 0.717) is 36.7 Å². The zero-order valence-electron chi connectivity index (χ0n) is 16.3. The fourth-order valence-electron chi connectivity index (χ4n) is 4.48. The highest BCUT2D eigenvalue weighted by Gasteiger charge is 2.24. The van der Waals surface area contributed by atoms with Crippen molar-refractivity contribution in [2.24, 2.45) is 0 Å². The van der Waals surface area contributed by atoms with E-state index in [1.54, 1.807) is 0 Å². The summed E-state index contributed by atoms with van der Waals surface area (Å²) in [5.41, 5.74) is 2.73. The standard InChI is InChI=1S/C24H24N2O3/c27-22(5-9-26-8-4-19(15-26)18-3-7-25-14-18)17-2-1-16-12-21-23(28)6-10-29-24(21)13-20(16)11-17/h1-3,7,11-14,19,25H,4-6,8-10,15H2. The van der Waals surface area contributed by atoms with Crippen LogP contribution in [0, 0.1) is 0 Å². The molecule has 0 spiro atoms. The summed E-state index contributed by atoms with van der Waals surface area (Å²) in [5, 5.41) is 1.91. The second-order valence-electron chi connectivity index (χ2n) is 8.04. The van der Waals surface area contributed by atoms with Crippen molar-refractivity contribution < 1.29 is 14.3 Å². The van der Waals surface area contributed by atoms with Crippen LogP contribution in [0.3, 0.4) is 0 Å². The molecule has 1 atom stereocenters. The highest BCUT2D eigenvalue weighted by atomic mass is 16.5. The molecule has 3 aromatic rings. The van der Waals surface area contributed by atoms with Gasteiger partial charge in [0.05, 0.1) is 12.2 Å². The number of rotatable bonds is 5. The number of aromatic nitrogens is 1. The number of Topliss-reactive ketones (excluding diaryl/α,β-unsaturated/α-hetero) is 2. The fourth-order valence-corrected chi connectivity index (χ4v) is 4.48. The van der Waals surface area contributed by atoms with Crippen LogP contribution in [0.5, 0.6) is 5.75 Å². The van der Waals surface area contributed by atoms with Gasteiger partial charge in [-0.1, -0.05) is 12.1 Å². The summed E-state index contributed by atoms with van der Waals surface area (Å²) in [4.78, 5) is 30.4. The third-order valence-corrected chi connectivity index (χ3v) is 6.17. The Morgan fingerprint density at radius 1 is 1.17 bits per heavy atom. The molecule has 0 aliphatic carbocycles. The van der Waals surface area contributed by atoms with Crippen molar-refractivity contribution in [3.63, 3.8) is 0 Å². The van der Waals surface area contributed by atoms with Gasteiger partial charge in [-0.25, -0.2) is 0 Å². The van der Waals surface area contributed by atoms with E-state index in [9.17, 15) is 9.59 Å². The minimum absolute atomic E-state index is 0.122. The zero-order chi connectivity index (χ0) is 19.8. The second kappa shape index (κ2) is 7.48. The Labute approximate surface area is 169 Å². The Kier molecular flexibility index (Phi) is 4.68. The summed E-state index contributed by atoms with van der Waals surface area (Å²) in [5.74, 6) is 1.47. The van der Waals surface area contributed by atoms with E-state index in [2.05, 4.69) is 22.1 Å². The minimum atomic E-state index is 0.122. The molecule has 1 fully saturated rings. The minimum Gasteiger partial charge on any atom is -0.492 e. The molecule has 148 valence electrons. The van der Waals surface area contributed by atoms with Crippen LogP contribution >= 0.6 is 0 Å². The van der Waals surface area contributed by atoms with E-state index in [4.69, 9.17) is 4.74 Å². The topological polar surface area (TPSA) is 62.4 Å². The van der Waals surface area contributed by atoms with E-state index in [0.717, 1.165) is 42.4 Å². The smallest absolute Gasteiger partial charge is 0.170 e. The van der Waals surface area contributed by atoms with Crippen LogP contribution in [0.25, 0.3) is 10.8 Å². The van der Waals surface area contributed by atoms with Gasteiger partial charge >= 0.3 is 0 Å². The monoisotopic (exact) mass is 388 g/mol. The van der Waals surface area contributed by atoms with Crippen LogP contribution < -0.4 is 4.74 Å². The van der Waals surface area contributed by atoms with Crippen molar-refractivity contribution in [1.29, 1.82) is 0 Å². The lowest BCUT2D eigenvalue weighted by molar-refractivity contribution is 0.0931. The van der Waals surface area contributed by atoms with E-state index in [1.165, 1.54) is 5.56 Å². The second-order valence-corrected chi connectivity index (χ2v) is 8.04. The molecule has 5 heteroatoms. The van der Waals surface area contributed by atoms with Gasteiger partial charge < -0.3 is 14.6 Å². The number of nitrogens with zero attached hydrogens (tertiary/aromatic N) is 1. The van der Waals surface area contributed by atoms with E-state index < -0.39 is 0 Å². The molecule has 1 N–H and O–H groups in total. The van der Waals surface area contributed by atoms with Crippen molar-refractivity contribution >= 4 is 22.3 Å². The maximum atomic E-state index is 12.8. The molecule has 1 aromatic heterocycles. The molecular formula is C24H24N2O3. The summed E-state index contributed by atoms with van der Waals surface area (Å²) in [6.07, 6.45) is 6.14. The van der Waals surface area contributed by atoms with Crippen molar-refractivity contribution in [1.82, 2.24) is 9.88 Å². The third-order valence-electron chi connectivity index (χ3n) is 6.17. The number of benzene rings is 2. The molecule has 0 amide bonds. The number of carbonyl (C=O) groups is 2. The lowest BCUT2D eigenvalue weighted by Gasteiger charge is -2.17. The maximum absolute atomic E-state index is 12.8. The average Bonchev–Trinajstić information content (AvgIpc) is 3.42. The van der Waals surface area contributed by atoms with Gasteiger partial charge in [-0.15, -0.1) is 0 Å². The molecule has 1 saturated heterocycles. The largest absolute Gasteiger partial charge is 0.492 e. The number of H-pyrrole nitrogens is 1. The first-order valence-corrected chi connectivity index (χ1v) is 10.3. The molecule has 2 aromatic carbocycles. The molecule has 0 radical (unpaired) electrons. The number of ether oxygens (including phenoxy) is 1. The molecular weight excluding hydrogens is 364 g/mol. The predicted molar refractivity (Wildman–Crippen MR) is 112 cm³/mol. The summed E-state index contributed by atoms with van der Waals surface area (Å²) < 4.78 is 5.64. The summed E-state index contributed by atoms with van der Waals surface area (Å²) >= 11 is 0. The molecule has 29 heavy (non-hydrogen) atoms. The molecule has 2 aliphatic rings. The number of nitrogens with one attached hydrogen (secondary N) is 1. The number of ketones is 2. The normalized spacial score (nSPS) is 19.3. The van der Waals surface area contributed by atoms with Crippen LogP contribution in [0.4, 0.5) is 0 Å². The van der Waals surface area contributed by atoms with Crippen LogP contribution in [0.2, 0.25) is 0 Å². The van der Waals surface area contributed by atoms with Gasteiger partial charge in [0, 0.05) is 43.9 Å². The quantitative estimate of drug-likeness (QED) is 0.666. The summed E-state index contributed by atoms with van der Waals surface area (Å²) in [6, 6.07) is 11.6. The lowest BCUT2D eigenvalue weighted by atomic mass is 9.97. The number of hydrogen-bond donors (Lipinski definition) is 1. The number of aromatic amines is 1. The first kappa shape index (κ1) is 18.1. The van der Waals surface area contributed by atoms with Crippen LogP contribution in [-0.4, -0.2) is 47.7 Å². The SMILES string of the molecule is O=C(CCN1CCC(c2cc[nH]c2)C1)c1ccc2cc3c(cc2c1)OCCC3=O. The Balaban J connectivity index is 1.26. The fraction of sp³-hybridized carbons (Fsp3) is 0.333. The Hall–Kier alpha value is -2.92.